The topological polar surface area (TPSA) is 249 Å². The van der Waals surface area contributed by atoms with E-state index in [2.05, 4.69) is 0 Å². The number of fused-ring (bicyclic) bond motifs is 1. The van der Waals surface area contributed by atoms with Crippen LogP contribution in [0.3, 0.4) is 0 Å². The standard InChI is InChI=1S/C28H32O15/c1-39-14-7-15-18(22(34)19(14)27-25(37)23(35)20(32)16(8-29)42-27)12(31)6-13(41-15)10-2-4-11(5-3-10)40-28-26(38)24(36)21(33)17(9-30)43-28/h2-7,16-17,20-21,23-30,32-38H,8-9H2,1H3/t16-,17-,20-,21-,23+,24+,25-,26-,27+,28-/m1/s1. The highest BCUT2D eigenvalue weighted by Gasteiger charge is 2.47. The van der Waals surface area contributed by atoms with Gasteiger partial charge in [0, 0.05) is 17.7 Å². The van der Waals surface area contributed by atoms with Gasteiger partial charge in [0.25, 0.3) is 0 Å². The molecule has 3 heterocycles. The maximum absolute atomic E-state index is 13.2. The molecule has 2 saturated heterocycles. The van der Waals surface area contributed by atoms with Crippen LogP contribution in [0.15, 0.2) is 45.6 Å². The smallest absolute Gasteiger partial charge is 0.229 e. The van der Waals surface area contributed by atoms with Gasteiger partial charge in [-0.15, -0.1) is 0 Å². The quantitative estimate of drug-likeness (QED) is 0.139. The monoisotopic (exact) mass is 608 g/mol. The van der Waals surface area contributed by atoms with Gasteiger partial charge in [0.1, 0.15) is 88.9 Å². The van der Waals surface area contributed by atoms with Gasteiger partial charge in [-0.2, -0.15) is 0 Å². The highest BCUT2D eigenvalue weighted by Crippen LogP contribution is 2.45. The largest absolute Gasteiger partial charge is 0.506 e. The van der Waals surface area contributed by atoms with Gasteiger partial charge in [-0.3, -0.25) is 4.79 Å². The van der Waals surface area contributed by atoms with Crippen molar-refractivity contribution in [2.75, 3.05) is 20.3 Å². The molecule has 0 spiro atoms. The second kappa shape index (κ2) is 12.3. The maximum atomic E-state index is 13.2. The first-order chi connectivity index (χ1) is 20.5. The van der Waals surface area contributed by atoms with Crippen LogP contribution in [0.25, 0.3) is 22.3 Å². The molecule has 1 aromatic heterocycles. The molecule has 15 heteroatoms. The minimum atomic E-state index is -1.75. The molecular formula is C28H32O15. The molecule has 0 amide bonds. The van der Waals surface area contributed by atoms with Crippen LogP contribution in [0.1, 0.15) is 11.7 Å². The molecule has 15 nitrogen and oxygen atoms in total. The summed E-state index contributed by atoms with van der Waals surface area (Å²) >= 11 is 0. The molecule has 0 unspecified atom stereocenters. The number of aliphatic hydroxyl groups excluding tert-OH is 8. The Hall–Kier alpha value is -3.35. The molecule has 0 aliphatic carbocycles. The van der Waals surface area contributed by atoms with Gasteiger partial charge in [-0.05, 0) is 24.3 Å². The van der Waals surface area contributed by atoms with Crippen molar-refractivity contribution in [1.82, 2.24) is 0 Å². The van der Waals surface area contributed by atoms with Crippen LogP contribution in [-0.2, 0) is 9.47 Å². The molecule has 2 aromatic carbocycles. The number of aliphatic hydroxyl groups is 8. The fourth-order valence-corrected chi connectivity index (χ4v) is 5.22. The van der Waals surface area contributed by atoms with Gasteiger partial charge in [0.05, 0.1) is 25.9 Å². The SMILES string of the molecule is COc1cc2oc(-c3ccc(O[C@@H]4O[C@H](CO)[C@@H](O)[C@H](O)[C@H]4O)cc3)cc(=O)c2c(O)c1[C@@H]1O[C@H](CO)[C@@H](O)[C@H](O)[C@H]1O. The molecule has 0 radical (unpaired) electrons. The van der Waals surface area contributed by atoms with Gasteiger partial charge >= 0.3 is 0 Å². The number of methoxy groups -OCH3 is 1. The molecule has 234 valence electrons. The van der Waals surface area contributed by atoms with Crippen molar-refractivity contribution in [3.63, 3.8) is 0 Å². The zero-order valence-corrected chi connectivity index (χ0v) is 22.6. The van der Waals surface area contributed by atoms with Gasteiger partial charge in [0.2, 0.25) is 6.29 Å². The Balaban J connectivity index is 1.45. The minimum Gasteiger partial charge on any atom is -0.506 e. The van der Waals surface area contributed by atoms with Crippen molar-refractivity contribution in [1.29, 1.82) is 0 Å². The normalized spacial score (nSPS) is 33.0. The molecule has 43 heavy (non-hydrogen) atoms. The summed E-state index contributed by atoms with van der Waals surface area (Å²) < 4.78 is 27.7. The first-order valence-corrected chi connectivity index (χ1v) is 13.3. The average Bonchev–Trinajstić information content (AvgIpc) is 3.00. The highest BCUT2D eigenvalue weighted by molar-refractivity contribution is 5.88. The first-order valence-electron chi connectivity index (χ1n) is 13.3. The van der Waals surface area contributed by atoms with Gasteiger partial charge in [0.15, 0.2) is 5.43 Å². The third-order valence-corrected chi connectivity index (χ3v) is 7.63. The Kier molecular flexibility index (Phi) is 8.92. The van der Waals surface area contributed by atoms with E-state index in [4.69, 9.17) is 23.4 Å². The fraction of sp³-hybridized carbons (Fsp3) is 0.464. The summed E-state index contributed by atoms with van der Waals surface area (Å²) in [4.78, 5) is 13.2. The Labute approximate surface area is 242 Å². The lowest BCUT2D eigenvalue weighted by atomic mass is 9.89. The van der Waals surface area contributed by atoms with Gasteiger partial charge in [-0.1, -0.05) is 0 Å². The van der Waals surface area contributed by atoms with E-state index in [1.54, 1.807) is 0 Å². The lowest BCUT2D eigenvalue weighted by molar-refractivity contribution is -0.277. The number of phenolic OH excluding ortho intramolecular Hbond substituents is 1. The summed E-state index contributed by atoms with van der Waals surface area (Å²) in [5.74, 6) is -0.459. The van der Waals surface area contributed by atoms with Crippen LogP contribution < -0.4 is 14.9 Å². The van der Waals surface area contributed by atoms with Crippen LogP contribution in [0, 0.1) is 0 Å². The number of hydrogen-bond acceptors (Lipinski definition) is 15. The van der Waals surface area contributed by atoms with E-state index in [0.717, 1.165) is 6.07 Å². The van der Waals surface area contributed by atoms with E-state index in [9.17, 15) is 50.8 Å². The number of ether oxygens (including phenoxy) is 4. The number of rotatable bonds is 7. The Morgan fingerprint density at radius 3 is 2.00 bits per heavy atom. The van der Waals surface area contributed by atoms with E-state index < -0.39 is 85.6 Å². The van der Waals surface area contributed by atoms with Crippen molar-refractivity contribution in [2.45, 2.75) is 61.2 Å². The van der Waals surface area contributed by atoms with Crippen LogP contribution >= 0.6 is 0 Å². The first kappa shape index (κ1) is 31.1. The minimum absolute atomic E-state index is 0.0714. The summed E-state index contributed by atoms with van der Waals surface area (Å²) in [5.41, 5.74) is -0.561. The second-order valence-corrected chi connectivity index (χ2v) is 10.3. The summed E-state index contributed by atoms with van der Waals surface area (Å²) in [7, 11) is 1.25. The number of phenols is 1. The zero-order chi connectivity index (χ0) is 31.2. The van der Waals surface area contributed by atoms with Crippen molar-refractivity contribution < 1.29 is 69.3 Å². The summed E-state index contributed by atoms with van der Waals surface area (Å²) in [6, 6.07) is 8.35. The van der Waals surface area contributed by atoms with Crippen molar-refractivity contribution >= 4 is 11.0 Å². The van der Waals surface area contributed by atoms with Crippen LogP contribution in [0.2, 0.25) is 0 Å². The molecule has 9 N–H and O–H groups in total. The molecule has 3 aromatic rings. The third kappa shape index (κ3) is 5.56. The van der Waals surface area contributed by atoms with E-state index in [0.29, 0.717) is 5.56 Å². The van der Waals surface area contributed by atoms with Crippen LogP contribution in [0.5, 0.6) is 17.2 Å². The van der Waals surface area contributed by atoms with Crippen molar-refractivity contribution in [3.05, 3.63) is 52.2 Å². The maximum Gasteiger partial charge on any atom is 0.229 e. The molecule has 10 atom stereocenters. The van der Waals surface area contributed by atoms with E-state index in [1.807, 2.05) is 0 Å². The molecule has 5 rings (SSSR count). The third-order valence-electron chi connectivity index (χ3n) is 7.63. The zero-order valence-electron chi connectivity index (χ0n) is 22.6. The lowest BCUT2D eigenvalue weighted by Gasteiger charge is -2.40. The van der Waals surface area contributed by atoms with E-state index in [-0.39, 0.29) is 33.8 Å². The molecule has 0 bridgehead atoms. The number of hydrogen-bond donors (Lipinski definition) is 9. The highest BCUT2D eigenvalue weighted by atomic mass is 16.7. The van der Waals surface area contributed by atoms with Crippen LogP contribution in [0.4, 0.5) is 0 Å². The fourth-order valence-electron chi connectivity index (χ4n) is 5.22. The van der Waals surface area contributed by atoms with E-state index in [1.165, 1.54) is 37.4 Å². The number of benzene rings is 2. The predicted molar refractivity (Wildman–Crippen MR) is 143 cm³/mol. The molecule has 0 saturated carbocycles. The van der Waals surface area contributed by atoms with E-state index >= 15 is 0 Å². The Morgan fingerprint density at radius 2 is 1.40 bits per heavy atom. The summed E-state index contributed by atoms with van der Waals surface area (Å²) in [6.45, 7) is -1.31. The van der Waals surface area contributed by atoms with Crippen molar-refractivity contribution in [3.8, 4) is 28.6 Å². The molecule has 2 fully saturated rings. The second-order valence-electron chi connectivity index (χ2n) is 10.3. The molecular weight excluding hydrogens is 576 g/mol. The lowest BCUT2D eigenvalue weighted by Crippen LogP contribution is -2.60. The molecule has 2 aliphatic rings. The Morgan fingerprint density at radius 1 is 0.791 bits per heavy atom. The van der Waals surface area contributed by atoms with Gasteiger partial charge in [-0.25, -0.2) is 0 Å². The Bertz CT molecular complexity index is 1490. The predicted octanol–water partition coefficient (Wildman–Crippen LogP) is -2.13. The van der Waals surface area contributed by atoms with Crippen LogP contribution in [-0.4, -0.2) is 121 Å². The molecule has 2 aliphatic heterocycles. The van der Waals surface area contributed by atoms with Gasteiger partial charge < -0.3 is 69.3 Å². The summed E-state index contributed by atoms with van der Waals surface area (Å²) in [6.07, 6.45) is -15.2. The number of aromatic hydroxyl groups is 1. The summed E-state index contributed by atoms with van der Waals surface area (Å²) in [5, 5.41) is 90.8. The average molecular weight is 609 g/mol. The van der Waals surface area contributed by atoms with Crippen molar-refractivity contribution in [2.24, 2.45) is 0 Å².